The standard InChI is InChI=1S/C15H29N3/c1-13(10-8-7-9-11-18(5)6)12-14(2)17-15(3)16-4/h12H,1,7-11H2,2-6H3,(H,16,17)/b14-12+. The molecule has 0 heterocycles. The van der Waals surface area contributed by atoms with Gasteiger partial charge in [-0.05, 0) is 59.8 Å². The first kappa shape index (κ1) is 16.9. The highest BCUT2D eigenvalue weighted by atomic mass is 15.0. The first-order chi connectivity index (χ1) is 8.45. The molecule has 18 heavy (non-hydrogen) atoms. The highest BCUT2D eigenvalue weighted by molar-refractivity contribution is 5.80. The first-order valence-corrected chi connectivity index (χ1v) is 6.67. The van der Waals surface area contributed by atoms with Crippen LogP contribution in [0.1, 0.15) is 39.5 Å². The van der Waals surface area contributed by atoms with E-state index in [-0.39, 0.29) is 0 Å². The minimum atomic E-state index is 0.933. The van der Waals surface area contributed by atoms with Gasteiger partial charge in [0.15, 0.2) is 0 Å². The molecule has 0 bridgehead atoms. The van der Waals surface area contributed by atoms with E-state index < -0.39 is 0 Å². The molecule has 0 spiro atoms. The smallest absolute Gasteiger partial charge is 0.0969 e. The van der Waals surface area contributed by atoms with Crippen LogP contribution >= 0.6 is 0 Å². The van der Waals surface area contributed by atoms with Crippen molar-refractivity contribution >= 4 is 5.84 Å². The Bertz CT molecular complexity index is 301. The van der Waals surface area contributed by atoms with Crippen molar-refractivity contribution in [2.75, 3.05) is 27.7 Å². The third kappa shape index (κ3) is 10.1. The van der Waals surface area contributed by atoms with Crippen molar-refractivity contribution in [3.8, 4) is 0 Å². The van der Waals surface area contributed by atoms with Crippen molar-refractivity contribution in [1.29, 1.82) is 0 Å². The molecule has 0 saturated carbocycles. The van der Waals surface area contributed by atoms with E-state index in [0.29, 0.717) is 0 Å². The number of aliphatic imine (C=N–C) groups is 1. The number of nitrogens with one attached hydrogen (secondary N) is 1. The van der Waals surface area contributed by atoms with E-state index >= 15 is 0 Å². The van der Waals surface area contributed by atoms with E-state index in [1.165, 1.54) is 31.4 Å². The van der Waals surface area contributed by atoms with Crippen LogP contribution in [0.4, 0.5) is 0 Å². The second kappa shape index (κ2) is 9.89. The zero-order valence-corrected chi connectivity index (χ0v) is 12.7. The van der Waals surface area contributed by atoms with Gasteiger partial charge in [0.1, 0.15) is 0 Å². The normalized spacial score (nSPS) is 13.0. The average molecular weight is 251 g/mol. The second-order valence-electron chi connectivity index (χ2n) is 5.03. The molecule has 3 heteroatoms. The molecule has 0 aromatic heterocycles. The van der Waals surface area contributed by atoms with Gasteiger partial charge in [-0.1, -0.05) is 18.6 Å². The Kier molecular flexibility index (Phi) is 9.29. The number of allylic oxidation sites excluding steroid dienone is 3. The number of amidine groups is 1. The zero-order valence-electron chi connectivity index (χ0n) is 12.7. The molecule has 0 fully saturated rings. The van der Waals surface area contributed by atoms with Gasteiger partial charge in [0.25, 0.3) is 0 Å². The summed E-state index contributed by atoms with van der Waals surface area (Å²) in [6, 6.07) is 0. The summed E-state index contributed by atoms with van der Waals surface area (Å²) in [5.74, 6) is 0.933. The molecule has 3 nitrogen and oxygen atoms in total. The van der Waals surface area contributed by atoms with Crippen molar-refractivity contribution < 1.29 is 0 Å². The molecule has 0 aliphatic carbocycles. The summed E-state index contributed by atoms with van der Waals surface area (Å²) < 4.78 is 0. The molecule has 0 unspecified atom stereocenters. The number of hydrogen-bond donors (Lipinski definition) is 1. The van der Waals surface area contributed by atoms with Gasteiger partial charge >= 0.3 is 0 Å². The van der Waals surface area contributed by atoms with Gasteiger partial charge in [0, 0.05) is 12.7 Å². The number of hydrogen-bond acceptors (Lipinski definition) is 2. The van der Waals surface area contributed by atoms with Crippen molar-refractivity contribution in [2.45, 2.75) is 39.5 Å². The SMILES string of the molecule is C=C(/C=C(\C)NC(C)=NC)CCCCCN(C)C. The van der Waals surface area contributed by atoms with Crippen LogP contribution in [0.3, 0.4) is 0 Å². The third-order valence-corrected chi connectivity index (χ3v) is 2.74. The summed E-state index contributed by atoms with van der Waals surface area (Å²) in [6.07, 6.45) is 6.95. The highest BCUT2D eigenvalue weighted by Crippen LogP contribution is 2.10. The summed E-state index contributed by atoms with van der Waals surface area (Å²) in [5.41, 5.74) is 2.30. The minimum absolute atomic E-state index is 0.933. The van der Waals surface area contributed by atoms with Crippen molar-refractivity contribution in [3.63, 3.8) is 0 Å². The Balaban J connectivity index is 3.79. The molecule has 0 aliphatic rings. The highest BCUT2D eigenvalue weighted by Gasteiger charge is 1.96. The Morgan fingerprint density at radius 2 is 1.89 bits per heavy atom. The van der Waals surface area contributed by atoms with Gasteiger partial charge in [0.05, 0.1) is 5.84 Å². The number of rotatable bonds is 8. The largest absolute Gasteiger partial charge is 0.348 e. The molecule has 0 aliphatic heterocycles. The maximum absolute atomic E-state index is 4.09. The van der Waals surface area contributed by atoms with Crippen LogP contribution in [0.15, 0.2) is 28.9 Å². The quantitative estimate of drug-likeness (QED) is 0.310. The molecule has 1 N–H and O–H groups in total. The summed E-state index contributed by atoms with van der Waals surface area (Å²) in [7, 11) is 6.03. The summed E-state index contributed by atoms with van der Waals surface area (Å²) >= 11 is 0. The second-order valence-corrected chi connectivity index (χ2v) is 5.03. The average Bonchev–Trinajstić information content (AvgIpc) is 2.27. The zero-order chi connectivity index (χ0) is 14.0. The van der Waals surface area contributed by atoms with E-state index in [0.717, 1.165) is 18.0 Å². The van der Waals surface area contributed by atoms with Crippen molar-refractivity contribution in [2.24, 2.45) is 4.99 Å². The topological polar surface area (TPSA) is 27.6 Å². The maximum Gasteiger partial charge on any atom is 0.0969 e. The molecule has 0 amide bonds. The Hall–Kier alpha value is -1.09. The lowest BCUT2D eigenvalue weighted by Gasteiger charge is -2.09. The van der Waals surface area contributed by atoms with Crippen LogP contribution in [0.2, 0.25) is 0 Å². The molecular formula is C15H29N3. The molecule has 0 saturated heterocycles. The lowest BCUT2D eigenvalue weighted by molar-refractivity contribution is 0.392. The molecule has 0 atom stereocenters. The van der Waals surface area contributed by atoms with Gasteiger partial charge in [-0.2, -0.15) is 0 Å². The van der Waals surface area contributed by atoms with Crippen molar-refractivity contribution in [1.82, 2.24) is 10.2 Å². The van der Waals surface area contributed by atoms with Crippen molar-refractivity contribution in [3.05, 3.63) is 23.9 Å². The lowest BCUT2D eigenvalue weighted by atomic mass is 10.1. The Morgan fingerprint density at radius 1 is 1.22 bits per heavy atom. The molecule has 104 valence electrons. The van der Waals surface area contributed by atoms with E-state index in [4.69, 9.17) is 0 Å². The Morgan fingerprint density at radius 3 is 2.44 bits per heavy atom. The van der Waals surface area contributed by atoms with Crippen LogP contribution in [-0.2, 0) is 0 Å². The van der Waals surface area contributed by atoms with Gasteiger partial charge in [0.2, 0.25) is 0 Å². The fourth-order valence-corrected chi connectivity index (χ4v) is 1.71. The molecular weight excluding hydrogens is 222 g/mol. The lowest BCUT2D eigenvalue weighted by Crippen LogP contribution is -2.17. The van der Waals surface area contributed by atoms with E-state index in [2.05, 4.69) is 42.0 Å². The minimum Gasteiger partial charge on any atom is -0.348 e. The first-order valence-electron chi connectivity index (χ1n) is 6.67. The molecule has 0 aromatic rings. The van der Waals surface area contributed by atoms with E-state index in [9.17, 15) is 0 Å². The van der Waals surface area contributed by atoms with Crippen LogP contribution in [0, 0.1) is 0 Å². The van der Waals surface area contributed by atoms with Crippen LogP contribution in [0.25, 0.3) is 0 Å². The monoisotopic (exact) mass is 251 g/mol. The fraction of sp³-hybridized carbons (Fsp3) is 0.667. The van der Waals surface area contributed by atoms with E-state index in [1.807, 2.05) is 13.8 Å². The number of unbranched alkanes of at least 4 members (excludes halogenated alkanes) is 2. The fourth-order valence-electron chi connectivity index (χ4n) is 1.71. The van der Waals surface area contributed by atoms with Crippen LogP contribution < -0.4 is 5.32 Å². The summed E-state index contributed by atoms with van der Waals surface area (Å²) in [5, 5.41) is 3.22. The van der Waals surface area contributed by atoms with Gasteiger partial charge < -0.3 is 10.2 Å². The predicted molar refractivity (Wildman–Crippen MR) is 82.1 cm³/mol. The summed E-state index contributed by atoms with van der Waals surface area (Å²) in [4.78, 5) is 6.30. The summed E-state index contributed by atoms with van der Waals surface area (Å²) in [6.45, 7) is 9.28. The van der Waals surface area contributed by atoms with Gasteiger partial charge in [-0.25, -0.2) is 0 Å². The maximum atomic E-state index is 4.09. The van der Waals surface area contributed by atoms with Gasteiger partial charge in [-0.15, -0.1) is 0 Å². The van der Waals surface area contributed by atoms with Crippen LogP contribution in [0.5, 0.6) is 0 Å². The number of nitrogens with zero attached hydrogens (tertiary/aromatic N) is 2. The molecule has 0 radical (unpaired) electrons. The van der Waals surface area contributed by atoms with E-state index in [1.54, 1.807) is 7.05 Å². The predicted octanol–water partition coefficient (Wildman–Crippen LogP) is 3.21. The van der Waals surface area contributed by atoms with Gasteiger partial charge in [-0.3, -0.25) is 4.99 Å². The third-order valence-electron chi connectivity index (χ3n) is 2.74. The Labute approximate surface area is 113 Å². The van der Waals surface area contributed by atoms with Crippen LogP contribution in [-0.4, -0.2) is 38.4 Å². The molecule has 0 rings (SSSR count). The molecule has 0 aromatic carbocycles.